The van der Waals surface area contributed by atoms with E-state index >= 15 is 0 Å². The van der Waals surface area contributed by atoms with Gasteiger partial charge in [0, 0.05) is 12.8 Å². The molecule has 0 aromatic heterocycles. The molecule has 18 heavy (non-hydrogen) atoms. The van der Waals surface area contributed by atoms with Gasteiger partial charge in [0.2, 0.25) is 5.91 Å². The van der Waals surface area contributed by atoms with Gasteiger partial charge in [-0.25, -0.2) is 0 Å². The lowest BCUT2D eigenvalue weighted by molar-refractivity contribution is -0.122. The van der Waals surface area contributed by atoms with E-state index in [1.165, 1.54) is 0 Å². The first-order chi connectivity index (χ1) is 8.38. The van der Waals surface area contributed by atoms with E-state index in [9.17, 15) is 4.79 Å². The summed E-state index contributed by atoms with van der Waals surface area (Å²) in [5.41, 5.74) is 1.10. The van der Waals surface area contributed by atoms with Crippen LogP contribution < -0.4 is 5.32 Å². The maximum Gasteiger partial charge on any atom is 0.244 e. The second kappa shape index (κ2) is 6.34. The standard InChI is InChI=1S/C15H22N2O/c1-12(17-11-15(2,3)4)14(18)16-10-13-8-6-5-7-9-13/h5-9,11-12H,10H2,1-4H3,(H,16,18). The van der Waals surface area contributed by atoms with E-state index < -0.39 is 0 Å². The number of hydrogen-bond donors (Lipinski definition) is 1. The van der Waals surface area contributed by atoms with E-state index in [1.807, 2.05) is 43.5 Å². The van der Waals surface area contributed by atoms with Crippen LogP contribution in [0.25, 0.3) is 0 Å². The molecule has 3 nitrogen and oxygen atoms in total. The second-order valence-electron chi connectivity index (χ2n) is 5.52. The van der Waals surface area contributed by atoms with Crippen LogP contribution in [0.4, 0.5) is 0 Å². The number of carbonyl (C=O) groups is 1. The largest absolute Gasteiger partial charge is 0.350 e. The Hall–Kier alpha value is -1.64. The van der Waals surface area contributed by atoms with Gasteiger partial charge in [-0.2, -0.15) is 0 Å². The van der Waals surface area contributed by atoms with Crippen LogP contribution in [-0.2, 0) is 11.3 Å². The van der Waals surface area contributed by atoms with E-state index in [0.717, 1.165) is 5.56 Å². The number of aliphatic imine (C=N–C) groups is 1. The van der Waals surface area contributed by atoms with E-state index in [0.29, 0.717) is 6.54 Å². The molecule has 0 heterocycles. The maximum absolute atomic E-state index is 11.8. The van der Waals surface area contributed by atoms with Gasteiger partial charge in [0.1, 0.15) is 6.04 Å². The Labute approximate surface area is 109 Å². The molecule has 98 valence electrons. The van der Waals surface area contributed by atoms with Crippen LogP contribution in [0.1, 0.15) is 33.3 Å². The Bertz CT molecular complexity index is 404. The molecular weight excluding hydrogens is 224 g/mol. The van der Waals surface area contributed by atoms with Crippen molar-refractivity contribution >= 4 is 12.1 Å². The number of carbonyl (C=O) groups excluding carboxylic acids is 1. The van der Waals surface area contributed by atoms with Crippen molar-refractivity contribution in [3.63, 3.8) is 0 Å². The lowest BCUT2D eigenvalue weighted by atomic mass is 9.99. The number of rotatable bonds is 4. The van der Waals surface area contributed by atoms with Gasteiger partial charge in [-0.05, 0) is 17.9 Å². The summed E-state index contributed by atoms with van der Waals surface area (Å²) in [4.78, 5) is 16.1. The number of benzene rings is 1. The average Bonchev–Trinajstić information content (AvgIpc) is 2.33. The highest BCUT2D eigenvalue weighted by Gasteiger charge is 2.12. The number of nitrogens with one attached hydrogen (secondary N) is 1. The molecule has 0 fully saturated rings. The molecule has 0 aliphatic rings. The van der Waals surface area contributed by atoms with Crippen molar-refractivity contribution in [2.45, 2.75) is 40.3 Å². The fraction of sp³-hybridized carbons (Fsp3) is 0.467. The summed E-state index contributed by atoms with van der Waals surface area (Å²) in [5, 5.41) is 2.88. The Morgan fingerprint density at radius 2 is 1.94 bits per heavy atom. The summed E-state index contributed by atoms with van der Waals surface area (Å²) in [6.45, 7) is 8.54. The fourth-order valence-electron chi connectivity index (χ4n) is 1.34. The van der Waals surface area contributed by atoms with Crippen molar-refractivity contribution in [3.05, 3.63) is 35.9 Å². The van der Waals surface area contributed by atoms with Crippen molar-refractivity contribution in [3.8, 4) is 0 Å². The first kappa shape index (κ1) is 14.4. The summed E-state index contributed by atoms with van der Waals surface area (Å²) in [5.74, 6) is -0.0423. The molecule has 1 amide bonds. The molecule has 1 atom stereocenters. The quantitative estimate of drug-likeness (QED) is 0.815. The highest BCUT2D eigenvalue weighted by atomic mass is 16.2. The summed E-state index contributed by atoms with van der Waals surface area (Å²) in [6.07, 6.45) is 1.83. The summed E-state index contributed by atoms with van der Waals surface area (Å²) < 4.78 is 0. The number of nitrogens with zero attached hydrogens (tertiary/aromatic N) is 1. The molecule has 1 N–H and O–H groups in total. The third-order valence-electron chi connectivity index (χ3n) is 2.37. The van der Waals surface area contributed by atoms with Crippen LogP contribution in [0.2, 0.25) is 0 Å². The van der Waals surface area contributed by atoms with Crippen molar-refractivity contribution < 1.29 is 4.79 Å². The molecule has 3 heteroatoms. The molecule has 0 saturated heterocycles. The highest BCUT2D eigenvalue weighted by Crippen LogP contribution is 2.09. The van der Waals surface area contributed by atoms with Crippen molar-refractivity contribution in [2.75, 3.05) is 0 Å². The predicted molar refractivity (Wildman–Crippen MR) is 75.7 cm³/mol. The molecule has 0 aliphatic carbocycles. The van der Waals surface area contributed by atoms with E-state index in [2.05, 4.69) is 31.1 Å². The Balaban J connectivity index is 2.44. The van der Waals surface area contributed by atoms with E-state index in [-0.39, 0.29) is 17.4 Å². The zero-order chi connectivity index (χ0) is 13.6. The molecule has 1 aromatic carbocycles. The molecule has 1 rings (SSSR count). The summed E-state index contributed by atoms with van der Waals surface area (Å²) >= 11 is 0. The predicted octanol–water partition coefficient (Wildman–Crippen LogP) is 2.81. The first-order valence-corrected chi connectivity index (χ1v) is 6.24. The first-order valence-electron chi connectivity index (χ1n) is 6.24. The van der Waals surface area contributed by atoms with Gasteiger partial charge in [0.05, 0.1) is 0 Å². The average molecular weight is 246 g/mol. The Morgan fingerprint density at radius 1 is 1.33 bits per heavy atom. The van der Waals surface area contributed by atoms with Gasteiger partial charge < -0.3 is 5.32 Å². The van der Waals surface area contributed by atoms with Gasteiger partial charge in [-0.15, -0.1) is 0 Å². The zero-order valence-corrected chi connectivity index (χ0v) is 11.6. The normalized spacial score (nSPS) is 13.6. The van der Waals surface area contributed by atoms with E-state index in [1.54, 1.807) is 0 Å². The Morgan fingerprint density at radius 3 is 2.50 bits per heavy atom. The summed E-state index contributed by atoms with van der Waals surface area (Å²) in [7, 11) is 0. The van der Waals surface area contributed by atoms with Crippen LogP contribution in [0, 0.1) is 5.41 Å². The van der Waals surface area contributed by atoms with Crippen LogP contribution in [0.15, 0.2) is 35.3 Å². The smallest absolute Gasteiger partial charge is 0.244 e. The molecule has 1 aromatic rings. The molecule has 0 spiro atoms. The minimum Gasteiger partial charge on any atom is -0.350 e. The minimum atomic E-state index is -0.340. The molecule has 0 radical (unpaired) electrons. The van der Waals surface area contributed by atoms with Gasteiger partial charge in [0.15, 0.2) is 0 Å². The van der Waals surface area contributed by atoms with Gasteiger partial charge in [-0.3, -0.25) is 9.79 Å². The maximum atomic E-state index is 11.8. The van der Waals surface area contributed by atoms with Gasteiger partial charge >= 0.3 is 0 Å². The van der Waals surface area contributed by atoms with Crippen molar-refractivity contribution in [1.29, 1.82) is 0 Å². The summed E-state index contributed by atoms with van der Waals surface area (Å²) in [6, 6.07) is 9.52. The second-order valence-corrected chi connectivity index (χ2v) is 5.52. The highest BCUT2D eigenvalue weighted by molar-refractivity contribution is 5.83. The topological polar surface area (TPSA) is 41.5 Å². The number of hydrogen-bond acceptors (Lipinski definition) is 2. The van der Waals surface area contributed by atoms with Crippen LogP contribution in [0.5, 0.6) is 0 Å². The SMILES string of the molecule is CC(N=CC(C)(C)C)C(=O)NCc1ccccc1. The van der Waals surface area contributed by atoms with Gasteiger partial charge in [-0.1, -0.05) is 51.1 Å². The van der Waals surface area contributed by atoms with Crippen molar-refractivity contribution in [1.82, 2.24) is 5.32 Å². The van der Waals surface area contributed by atoms with E-state index in [4.69, 9.17) is 0 Å². The molecule has 1 unspecified atom stereocenters. The van der Waals surface area contributed by atoms with Gasteiger partial charge in [0.25, 0.3) is 0 Å². The number of amides is 1. The lowest BCUT2D eigenvalue weighted by Crippen LogP contribution is -2.31. The van der Waals surface area contributed by atoms with Crippen LogP contribution >= 0.6 is 0 Å². The molecule has 0 aliphatic heterocycles. The zero-order valence-electron chi connectivity index (χ0n) is 11.6. The molecule has 0 bridgehead atoms. The molecule has 0 saturated carbocycles. The monoisotopic (exact) mass is 246 g/mol. The third kappa shape index (κ3) is 5.62. The van der Waals surface area contributed by atoms with Crippen LogP contribution in [0.3, 0.4) is 0 Å². The third-order valence-corrected chi connectivity index (χ3v) is 2.37. The lowest BCUT2D eigenvalue weighted by Gasteiger charge is -2.13. The van der Waals surface area contributed by atoms with Crippen molar-refractivity contribution in [2.24, 2.45) is 10.4 Å². The fourth-order valence-corrected chi connectivity index (χ4v) is 1.34. The van der Waals surface area contributed by atoms with Crippen LogP contribution in [-0.4, -0.2) is 18.2 Å². The Kier molecular flexibility index (Phi) is 5.08. The minimum absolute atomic E-state index is 0.00791. The molecular formula is C15H22N2O.